The standard InChI is InChI=1S/C11H17F3O3S/c1-3-10(4-2)7-5-9(6-8-10)17-18(15,16)11(12,13)14/h5H,3-4,6-8H2,1-2H3. The van der Waals surface area contributed by atoms with Gasteiger partial charge in [0.1, 0.15) is 5.76 Å². The van der Waals surface area contributed by atoms with Gasteiger partial charge in [0.15, 0.2) is 0 Å². The summed E-state index contributed by atoms with van der Waals surface area (Å²) in [5.74, 6) is -0.0927. The number of rotatable bonds is 4. The highest BCUT2D eigenvalue weighted by atomic mass is 32.2. The van der Waals surface area contributed by atoms with E-state index in [1.165, 1.54) is 6.08 Å². The maximum Gasteiger partial charge on any atom is 0.534 e. The van der Waals surface area contributed by atoms with Crippen LogP contribution in [-0.2, 0) is 14.3 Å². The minimum absolute atomic E-state index is 0.0643. The molecular weight excluding hydrogens is 269 g/mol. The molecule has 1 aliphatic rings. The zero-order valence-corrected chi connectivity index (χ0v) is 11.2. The van der Waals surface area contributed by atoms with Gasteiger partial charge in [-0.2, -0.15) is 21.6 Å². The first-order chi connectivity index (χ1) is 8.16. The largest absolute Gasteiger partial charge is 0.534 e. The Balaban J connectivity index is 2.77. The highest BCUT2D eigenvalue weighted by molar-refractivity contribution is 7.87. The van der Waals surface area contributed by atoms with Crippen molar-refractivity contribution in [3.05, 3.63) is 11.8 Å². The lowest BCUT2D eigenvalue weighted by Crippen LogP contribution is -2.27. The summed E-state index contributed by atoms with van der Waals surface area (Å²) in [4.78, 5) is 0. The molecule has 1 rings (SSSR count). The summed E-state index contributed by atoms with van der Waals surface area (Å²) in [6.07, 6.45) is 4.75. The van der Waals surface area contributed by atoms with E-state index < -0.39 is 15.6 Å². The van der Waals surface area contributed by atoms with Crippen molar-refractivity contribution >= 4 is 10.1 Å². The first-order valence-electron chi connectivity index (χ1n) is 5.85. The topological polar surface area (TPSA) is 43.4 Å². The summed E-state index contributed by atoms with van der Waals surface area (Å²) < 4.78 is 62.2. The fourth-order valence-electron chi connectivity index (χ4n) is 2.08. The lowest BCUT2D eigenvalue weighted by molar-refractivity contribution is -0.0525. The number of halogens is 3. The Hall–Kier alpha value is -0.720. The fourth-order valence-corrected chi connectivity index (χ4v) is 2.61. The normalized spacial score (nSPS) is 20.4. The van der Waals surface area contributed by atoms with Crippen molar-refractivity contribution in [3.8, 4) is 0 Å². The Morgan fingerprint density at radius 3 is 2.22 bits per heavy atom. The van der Waals surface area contributed by atoms with Crippen LogP contribution in [0.1, 0.15) is 46.0 Å². The third-order valence-electron chi connectivity index (χ3n) is 3.66. The van der Waals surface area contributed by atoms with Crippen molar-refractivity contribution in [1.82, 2.24) is 0 Å². The summed E-state index contributed by atoms with van der Waals surface area (Å²) in [5, 5.41) is 0. The van der Waals surface area contributed by atoms with E-state index in [4.69, 9.17) is 0 Å². The van der Waals surface area contributed by atoms with E-state index in [0.29, 0.717) is 12.8 Å². The number of hydrogen-bond donors (Lipinski definition) is 0. The Morgan fingerprint density at radius 1 is 1.33 bits per heavy atom. The van der Waals surface area contributed by atoms with Crippen LogP contribution in [0.15, 0.2) is 11.8 Å². The van der Waals surface area contributed by atoms with Crippen molar-refractivity contribution in [2.45, 2.75) is 51.5 Å². The monoisotopic (exact) mass is 286 g/mol. The smallest absolute Gasteiger partial charge is 0.381 e. The second kappa shape index (κ2) is 5.11. The van der Waals surface area contributed by atoms with Gasteiger partial charge in [-0.1, -0.05) is 26.7 Å². The zero-order chi connectivity index (χ0) is 14.0. The van der Waals surface area contributed by atoms with Gasteiger partial charge >= 0.3 is 15.6 Å². The van der Waals surface area contributed by atoms with Crippen LogP contribution in [-0.4, -0.2) is 13.9 Å². The SMILES string of the molecule is CCC1(CC)CC=C(OS(=O)(=O)C(F)(F)F)CC1. The summed E-state index contributed by atoms with van der Waals surface area (Å²) in [7, 11) is -5.52. The number of allylic oxidation sites excluding steroid dienone is 2. The molecule has 1 aliphatic carbocycles. The lowest BCUT2D eigenvalue weighted by Gasteiger charge is -2.34. The molecule has 0 bridgehead atoms. The van der Waals surface area contributed by atoms with Crippen LogP contribution in [0.3, 0.4) is 0 Å². The molecule has 0 heterocycles. The van der Waals surface area contributed by atoms with Crippen LogP contribution >= 0.6 is 0 Å². The highest BCUT2D eigenvalue weighted by Crippen LogP contribution is 2.42. The quantitative estimate of drug-likeness (QED) is 0.584. The van der Waals surface area contributed by atoms with Crippen LogP contribution in [0.4, 0.5) is 13.2 Å². The average Bonchev–Trinajstić information content (AvgIpc) is 2.29. The molecule has 3 nitrogen and oxygen atoms in total. The van der Waals surface area contributed by atoms with Crippen LogP contribution in [0.5, 0.6) is 0 Å². The summed E-state index contributed by atoms with van der Waals surface area (Å²) in [6.45, 7) is 4.05. The maximum atomic E-state index is 12.1. The van der Waals surface area contributed by atoms with Gasteiger partial charge in [0, 0.05) is 6.42 Å². The Kier molecular flexibility index (Phi) is 4.35. The molecule has 0 unspecified atom stereocenters. The molecule has 106 valence electrons. The second-order valence-corrected chi connectivity index (χ2v) is 6.10. The van der Waals surface area contributed by atoms with E-state index in [1.54, 1.807) is 0 Å². The third-order valence-corrected chi connectivity index (χ3v) is 4.67. The Morgan fingerprint density at radius 2 is 1.89 bits per heavy atom. The van der Waals surface area contributed by atoms with Crippen LogP contribution in [0.25, 0.3) is 0 Å². The highest BCUT2D eigenvalue weighted by Gasteiger charge is 2.49. The molecule has 0 aromatic heterocycles. The molecule has 0 aliphatic heterocycles. The molecule has 18 heavy (non-hydrogen) atoms. The van der Waals surface area contributed by atoms with E-state index >= 15 is 0 Å². The van der Waals surface area contributed by atoms with E-state index in [1.807, 2.05) is 13.8 Å². The van der Waals surface area contributed by atoms with Crippen molar-refractivity contribution in [1.29, 1.82) is 0 Å². The summed E-state index contributed by atoms with van der Waals surface area (Å²) >= 11 is 0. The van der Waals surface area contributed by atoms with Crippen LogP contribution < -0.4 is 0 Å². The van der Waals surface area contributed by atoms with Crippen molar-refractivity contribution < 1.29 is 25.8 Å². The minimum Gasteiger partial charge on any atom is -0.381 e. The molecule has 0 amide bonds. The molecule has 0 radical (unpaired) electrons. The van der Waals surface area contributed by atoms with Crippen molar-refractivity contribution in [3.63, 3.8) is 0 Å². The average molecular weight is 286 g/mol. The number of alkyl halides is 3. The maximum absolute atomic E-state index is 12.1. The van der Waals surface area contributed by atoms with Gasteiger partial charge in [-0.25, -0.2) is 0 Å². The molecule has 0 saturated carbocycles. The van der Waals surface area contributed by atoms with Gasteiger partial charge in [0.05, 0.1) is 0 Å². The van der Waals surface area contributed by atoms with Gasteiger partial charge < -0.3 is 4.18 Å². The minimum atomic E-state index is -5.52. The van der Waals surface area contributed by atoms with Gasteiger partial charge in [-0.15, -0.1) is 0 Å². The van der Waals surface area contributed by atoms with Gasteiger partial charge in [-0.05, 0) is 24.3 Å². The van der Waals surface area contributed by atoms with Gasteiger partial charge in [0.2, 0.25) is 0 Å². The first kappa shape index (κ1) is 15.3. The zero-order valence-electron chi connectivity index (χ0n) is 10.4. The molecule has 0 saturated heterocycles. The Labute approximate surface area is 105 Å². The molecular formula is C11H17F3O3S. The number of hydrogen-bond acceptors (Lipinski definition) is 3. The molecule has 0 N–H and O–H groups in total. The predicted octanol–water partition coefficient (Wildman–Crippen LogP) is 3.73. The molecule has 7 heteroatoms. The Bertz CT molecular complexity index is 419. The molecule has 0 fully saturated rings. The summed E-state index contributed by atoms with van der Waals surface area (Å²) in [5.41, 5.74) is -5.30. The first-order valence-corrected chi connectivity index (χ1v) is 7.26. The molecule has 0 aromatic rings. The van der Waals surface area contributed by atoms with Crippen molar-refractivity contribution in [2.75, 3.05) is 0 Å². The molecule has 0 atom stereocenters. The van der Waals surface area contributed by atoms with Crippen LogP contribution in [0.2, 0.25) is 0 Å². The summed E-state index contributed by atoms with van der Waals surface area (Å²) in [6, 6.07) is 0. The predicted molar refractivity (Wildman–Crippen MR) is 61.0 cm³/mol. The molecule has 0 aromatic carbocycles. The van der Waals surface area contributed by atoms with Crippen molar-refractivity contribution in [2.24, 2.45) is 5.41 Å². The van der Waals surface area contributed by atoms with E-state index in [2.05, 4.69) is 4.18 Å². The lowest BCUT2D eigenvalue weighted by atomic mass is 9.73. The molecule has 0 spiro atoms. The fraction of sp³-hybridized carbons (Fsp3) is 0.818. The van der Waals surface area contributed by atoms with Crippen LogP contribution in [0, 0.1) is 5.41 Å². The third kappa shape index (κ3) is 3.18. The van der Waals surface area contributed by atoms with E-state index in [9.17, 15) is 21.6 Å². The van der Waals surface area contributed by atoms with Gasteiger partial charge in [0.25, 0.3) is 0 Å². The van der Waals surface area contributed by atoms with E-state index in [-0.39, 0.29) is 17.6 Å². The second-order valence-electron chi connectivity index (χ2n) is 4.56. The van der Waals surface area contributed by atoms with E-state index in [0.717, 1.165) is 12.8 Å². The van der Waals surface area contributed by atoms with Gasteiger partial charge in [-0.3, -0.25) is 0 Å².